The Hall–Kier alpha value is -1.73. The van der Waals surface area contributed by atoms with Crippen molar-refractivity contribution >= 4 is 11.3 Å². The highest BCUT2D eigenvalue weighted by Gasteiger charge is 2.42. The molecule has 0 unspecified atom stereocenters. The summed E-state index contributed by atoms with van der Waals surface area (Å²) in [6.07, 6.45) is 5.97. The molecule has 5 rings (SSSR count). The number of ether oxygens (including phenoxy) is 1. The van der Waals surface area contributed by atoms with E-state index in [4.69, 9.17) is 4.74 Å². The Bertz CT molecular complexity index is 770. The average Bonchev–Trinajstić information content (AvgIpc) is 3.19. The van der Waals surface area contributed by atoms with Gasteiger partial charge in [0.15, 0.2) is 0 Å². The third kappa shape index (κ3) is 2.89. The van der Waals surface area contributed by atoms with E-state index < -0.39 is 0 Å². The van der Waals surface area contributed by atoms with E-state index in [2.05, 4.69) is 45.4 Å². The van der Waals surface area contributed by atoms with Crippen LogP contribution >= 0.6 is 0 Å². The molecule has 2 saturated heterocycles. The van der Waals surface area contributed by atoms with Gasteiger partial charge in [0, 0.05) is 25.2 Å². The van der Waals surface area contributed by atoms with Crippen LogP contribution in [0.1, 0.15) is 44.7 Å². The molecule has 3 aliphatic rings. The summed E-state index contributed by atoms with van der Waals surface area (Å²) >= 11 is 0. The van der Waals surface area contributed by atoms with E-state index in [1.165, 1.54) is 12.8 Å². The Morgan fingerprint density at radius 3 is 2.96 bits per heavy atom. The van der Waals surface area contributed by atoms with E-state index in [1.54, 1.807) is 10.8 Å². The zero-order chi connectivity index (χ0) is 17.0. The lowest BCUT2D eigenvalue weighted by Gasteiger charge is -2.35. The molecule has 7 nitrogen and oxygen atoms in total. The molecule has 3 fully saturated rings. The highest BCUT2D eigenvalue weighted by Crippen LogP contribution is 2.38. The molecule has 0 bridgehead atoms. The monoisotopic (exact) mass is 342 g/mol. The van der Waals surface area contributed by atoms with Crippen LogP contribution in [0.25, 0.3) is 5.65 Å². The van der Waals surface area contributed by atoms with Crippen molar-refractivity contribution in [2.24, 2.45) is 5.92 Å². The quantitative estimate of drug-likeness (QED) is 0.915. The van der Waals surface area contributed by atoms with Gasteiger partial charge in [0.25, 0.3) is 0 Å². The van der Waals surface area contributed by atoms with Crippen LogP contribution in [-0.4, -0.2) is 62.6 Å². The molecule has 4 heterocycles. The highest BCUT2D eigenvalue weighted by atomic mass is 16.5. The topological polar surface area (TPSA) is 67.6 Å². The maximum Gasteiger partial charge on any atom is 0.200 e. The molecule has 1 N–H and O–H groups in total. The molecule has 0 spiro atoms. The van der Waals surface area contributed by atoms with E-state index in [0.717, 1.165) is 49.1 Å². The standard InChI is InChI=1S/C18H26N6O/c1-11(2)15-6-16(18-21-19-10-24(18)22-15)20-13-5-14-9-25-17(12-3-4-12)8-23(14)7-13/h6,10-14,17,20H,3-5,7-9H2,1-2H3/t13-,14-,17+/m0/s1. The van der Waals surface area contributed by atoms with Crippen LogP contribution in [0.2, 0.25) is 0 Å². The van der Waals surface area contributed by atoms with Gasteiger partial charge in [0.1, 0.15) is 6.33 Å². The van der Waals surface area contributed by atoms with E-state index in [-0.39, 0.29) is 0 Å². The first kappa shape index (κ1) is 15.5. The lowest BCUT2D eigenvalue weighted by Crippen LogP contribution is -2.47. The van der Waals surface area contributed by atoms with Gasteiger partial charge in [-0.15, -0.1) is 10.2 Å². The van der Waals surface area contributed by atoms with E-state index in [9.17, 15) is 0 Å². The first-order valence-corrected chi connectivity index (χ1v) is 9.50. The summed E-state index contributed by atoms with van der Waals surface area (Å²) in [4.78, 5) is 2.62. The number of nitrogens with one attached hydrogen (secondary N) is 1. The van der Waals surface area contributed by atoms with Crippen molar-refractivity contribution in [2.45, 2.75) is 57.2 Å². The Kier molecular flexibility index (Phi) is 3.67. The summed E-state index contributed by atoms with van der Waals surface area (Å²) in [6, 6.07) is 3.11. The van der Waals surface area contributed by atoms with Crippen molar-refractivity contribution in [2.75, 3.05) is 25.0 Å². The lowest BCUT2D eigenvalue weighted by molar-refractivity contribution is -0.0581. The Labute approximate surface area is 147 Å². The molecule has 134 valence electrons. The SMILES string of the molecule is CC(C)c1cc(N[C@H]2C[C@H]3CO[C@@H](C4CC4)CN3C2)c2nncn2n1. The predicted octanol–water partition coefficient (Wildman–Crippen LogP) is 1.91. The second-order valence-corrected chi connectivity index (χ2v) is 8.13. The average molecular weight is 342 g/mol. The molecule has 1 saturated carbocycles. The third-order valence-corrected chi connectivity index (χ3v) is 5.83. The zero-order valence-electron chi connectivity index (χ0n) is 14.9. The fraction of sp³-hybridized carbons (Fsp3) is 0.722. The lowest BCUT2D eigenvalue weighted by atomic mass is 10.1. The summed E-state index contributed by atoms with van der Waals surface area (Å²) in [5.41, 5.74) is 2.91. The first-order valence-electron chi connectivity index (χ1n) is 9.50. The van der Waals surface area contributed by atoms with E-state index >= 15 is 0 Å². The normalized spacial score (nSPS) is 30.1. The largest absolute Gasteiger partial charge is 0.378 e. The number of nitrogens with zero attached hydrogens (tertiary/aromatic N) is 5. The van der Waals surface area contributed by atoms with Crippen molar-refractivity contribution in [1.82, 2.24) is 24.7 Å². The second kappa shape index (κ2) is 5.92. The van der Waals surface area contributed by atoms with Crippen LogP contribution in [-0.2, 0) is 4.74 Å². The molecule has 7 heteroatoms. The van der Waals surface area contributed by atoms with E-state index in [1.807, 2.05) is 0 Å². The van der Waals surface area contributed by atoms with Crippen molar-refractivity contribution < 1.29 is 4.74 Å². The second-order valence-electron chi connectivity index (χ2n) is 8.13. The number of rotatable bonds is 4. The van der Waals surface area contributed by atoms with Crippen molar-refractivity contribution in [3.63, 3.8) is 0 Å². The minimum Gasteiger partial charge on any atom is -0.378 e. The number of fused-ring (bicyclic) bond motifs is 2. The summed E-state index contributed by atoms with van der Waals surface area (Å²) in [5.74, 6) is 1.19. The maximum absolute atomic E-state index is 6.12. The van der Waals surface area contributed by atoms with Gasteiger partial charge in [0.2, 0.25) is 5.65 Å². The fourth-order valence-electron chi connectivity index (χ4n) is 4.21. The molecule has 2 aromatic rings. The molecule has 3 atom stereocenters. The van der Waals surface area contributed by atoms with Gasteiger partial charge >= 0.3 is 0 Å². The zero-order valence-corrected chi connectivity index (χ0v) is 14.9. The molecule has 2 aromatic heterocycles. The van der Waals surface area contributed by atoms with E-state index in [0.29, 0.717) is 24.1 Å². The van der Waals surface area contributed by atoms with Crippen molar-refractivity contribution in [3.8, 4) is 0 Å². The Morgan fingerprint density at radius 2 is 2.16 bits per heavy atom. The van der Waals surface area contributed by atoms with Gasteiger partial charge in [-0.05, 0) is 37.2 Å². The Balaban J connectivity index is 1.34. The molecule has 0 amide bonds. The van der Waals surface area contributed by atoms with Gasteiger partial charge in [-0.1, -0.05) is 13.8 Å². The van der Waals surface area contributed by atoms with Crippen LogP contribution in [0.15, 0.2) is 12.4 Å². The van der Waals surface area contributed by atoms with Gasteiger partial charge in [-0.2, -0.15) is 9.61 Å². The highest BCUT2D eigenvalue weighted by molar-refractivity contribution is 5.67. The number of aromatic nitrogens is 4. The van der Waals surface area contributed by atoms with Gasteiger partial charge in [-0.3, -0.25) is 4.90 Å². The third-order valence-electron chi connectivity index (χ3n) is 5.83. The first-order chi connectivity index (χ1) is 12.2. The summed E-state index contributed by atoms with van der Waals surface area (Å²) < 4.78 is 7.90. The molecule has 1 aliphatic carbocycles. The summed E-state index contributed by atoms with van der Waals surface area (Å²) in [6.45, 7) is 7.38. The van der Waals surface area contributed by atoms with Crippen LogP contribution in [0.3, 0.4) is 0 Å². The molecular weight excluding hydrogens is 316 g/mol. The fourth-order valence-corrected chi connectivity index (χ4v) is 4.21. The van der Waals surface area contributed by atoms with Crippen LogP contribution in [0.4, 0.5) is 5.69 Å². The van der Waals surface area contributed by atoms with Crippen LogP contribution < -0.4 is 5.32 Å². The molecule has 0 aromatic carbocycles. The predicted molar refractivity (Wildman–Crippen MR) is 94.7 cm³/mol. The van der Waals surface area contributed by atoms with Gasteiger partial charge < -0.3 is 10.1 Å². The van der Waals surface area contributed by atoms with Crippen LogP contribution in [0, 0.1) is 5.92 Å². The van der Waals surface area contributed by atoms with Crippen molar-refractivity contribution in [1.29, 1.82) is 0 Å². The van der Waals surface area contributed by atoms with Crippen molar-refractivity contribution in [3.05, 3.63) is 18.1 Å². The van der Waals surface area contributed by atoms with Gasteiger partial charge in [-0.25, -0.2) is 0 Å². The number of hydrogen-bond acceptors (Lipinski definition) is 6. The minimum absolute atomic E-state index is 0.370. The summed E-state index contributed by atoms with van der Waals surface area (Å²) in [5, 5.41) is 16.6. The molecular formula is C18H26N6O. The smallest absolute Gasteiger partial charge is 0.200 e. The Morgan fingerprint density at radius 1 is 1.28 bits per heavy atom. The van der Waals surface area contributed by atoms with Gasteiger partial charge in [0.05, 0.1) is 24.1 Å². The van der Waals surface area contributed by atoms with Crippen LogP contribution in [0.5, 0.6) is 0 Å². The molecule has 2 aliphatic heterocycles. The summed E-state index contributed by atoms with van der Waals surface area (Å²) in [7, 11) is 0. The molecule has 0 radical (unpaired) electrons. The number of anilines is 1. The molecule has 25 heavy (non-hydrogen) atoms. The number of hydrogen-bond donors (Lipinski definition) is 1. The number of morpholine rings is 1. The maximum atomic E-state index is 6.12. The minimum atomic E-state index is 0.370.